The first kappa shape index (κ1) is 14.3. The highest BCUT2D eigenvalue weighted by Gasteiger charge is 2.38. The Bertz CT molecular complexity index is 282. The molecule has 0 bridgehead atoms. The molecule has 4 nitrogen and oxygen atoms in total. The lowest BCUT2D eigenvalue weighted by Gasteiger charge is -2.32. The van der Waals surface area contributed by atoms with E-state index in [9.17, 15) is 4.79 Å². The van der Waals surface area contributed by atoms with Crippen LogP contribution in [0.2, 0.25) is 0 Å². The van der Waals surface area contributed by atoms with E-state index in [1.807, 2.05) is 27.7 Å². The van der Waals surface area contributed by atoms with E-state index in [1.165, 1.54) is 0 Å². The highest BCUT2D eigenvalue weighted by molar-refractivity contribution is 5.68. The first-order valence-corrected chi connectivity index (χ1v) is 6.32. The standard InChI is InChI=1S/C13H26N2O2/c1-9(10-7-14-8-13(10,5)6)15-11(16)17-12(2,3)4/h9-10,14H,7-8H2,1-6H3,(H,15,16). The first-order valence-electron chi connectivity index (χ1n) is 6.32. The van der Waals surface area contributed by atoms with Crippen LogP contribution >= 0.6 is 0 Å². The molecule has 0 aromatic heterocycles. The quantitative estimate of drug-likeness (QED) is 0.780. The van der Waals surface area contributed by atoms with Crippen LogP contribution < -0.4 is 10.6 Å². The summed E-state index contributed by atoms with van der Waals surface area (Å²) in [7, 11) is 0. The predicted molar refractivity (Wildman–Crippen MR) is 69.0 cm³/mol. The molecule has 0 aromatic rings. The third-order valence-electron chi connectivity index (χ3n) is 3.30. The summed E-state index contributed by atoms with van der Waals surface area (Å²) >= 11 is 0. The second-order valence-corrected chi connectivity index (χ2v) is 6.66. The minimum atomic E-state index is -0.437. The summed E-state index contributed by atoms with van der Waals surface area (Å²) in [5.74, 6) is 0.440. The number of hydrogen-bond acceptors (Lipinski definition) is 3. The second kappa shape index (κ2) is 4.84. The largest absolute Gasteiger partial charge is 0.444 e. The van der Waals surface area contributed by atoms with Gasteiger partial charge < -0.3 is 15.4 Å². The average molecular weight is 242 g/mol. The average Bonchev–Trinajstić information content (AvgIpc) is 2.40. The molecule has 17 heavy (non-hydrogen) atoms. The predicted octanol–water partition coefficient (Wildman–Crippen LogP) is 2.15. The number of ether oxygens (including phenoxy) is 1. The van der Waals surface area contributed by atoms with Crippen molar-refractivity contribution in [3.8, 4) is 0 Å². The maximum Gasteiger partial charge on any atom is 0.407 e. The van der Waals surface area contributed by atoms with Crippen molar-refractivity contribution >= 4 is 6.09 Å². The fraction of sp³-hybridized carbons (Fsp3) is 0.923. The lowest BCUT2D eigenvalue weighted by Crippen LogP contribution is -2.45. The van der Waals surface area contributed by atoms with Crippen molar-refractivity contribution in [2.45, 2.75) is 53.2 Å². The van der Waals surface area contributed by atoms with Gasteiger partial charge in [0.25, 0.3) is 0 Å². The number of alkyl carbamates (subject to hydrolysis) is 1. The molecule has 2 N–H and O–H groups in total. The smallest absolute Gasteiger partial charge is 0.407 e. The summed E-state index contributed by atoms with van der Waals surface area (Å²) in [6.45, 7) is 14.1. The Morgan fingerprint density at radius 3 is 2.47 bits per heavy atom. The summed E-state index contributed by atoms with van der Waals surface area (Å²) < 4.78 is 5.27. The van der Waals surface area contributed by atoms with Crippen molar-refractivity contribution in [3.63, 3.8) is 0 Å². The first-order chi connectivity index (χ1) is 7.62. The van der Waals surface area contributed by atoms with Crippen LogP contribution in [0.4, 0.5) is 4.79 Å². The van der Waals surface area contributed by atoms with Gasteiger partial charge in [-0.1, -0.05) is 13.8 Å². The van der Waals surface area contributed by atoms with E-state index in [0.29, 0.717) is 5.92 Å². The second-order valence-electron chi connectivity index (χ2n) is 6.66. The molecule has 0 aromatic carbocycles. The fourth-order valence-electron chi connectivity index (χ4n) is 2.40. The number of amides is 1. The number of carbonyl (C=O) groups excluding carboxylic acids is 1. The van der Waals surface area contributed by atoms with Gasteiger partial charge in [-0.05, 0) is 39.0 Å². The van der Waals surface area contributed by atoms with E-state index in [0.717, 1.165) is 13.1 Å². The Balaban J connectivity index is 2.49. The molecule has 1 aliphatic rings. The maximum absolute atomic E-state index is 11.7. The number of nitrogens with one attached hydrogen (secondary N) is 2. The van der Waals surface area contributed by atoms with Gasteiger partial charge in [0.2, 0.25) is 0 Å². The van der Waals surface area contributed by atoms with Crippen LogP contribution in [0.3, 0.4) is 0 Å². The van der Waals surface area contributed by atoms with Crippen LogP contribution in [0.1, 0.15) is 41.5 Å². The van der Waals surface area contributed by atoms with Crippen LogP contribution in [0, 0.1) is 11.3 Å². The molecule has 1 saturated heterocycles. The fourth-order valence-corrected chi connectivity index (χ4v) is 2.40. The Kier molecular flexibility index (Phi) is 4.07. The molecule has 4 heteroatoms. The van der Waals surface area contributed by atoms with Gasteiger partial charge in [-0.3, -0.25) is 0 Å². The third-order valence-corrected chi connectivity index (χ3v) is 3.30. The highest BCUT2D eigenvalue weighted by Crippen LogP contribution is 2.32. The highest BCUT2D eigenvalue weighted by atomic mass is 16.6. The zero-order chi connectivity index (χ0) is 13.3. The Morgan fingerprint density at radius 2 is 2.06 bits per heavy atom. The molecule has 100 valence electrons. The molecule has 1 aliphatic heterocycles. The summed E-state index contributed by atoms with van der Waals surface area (Å²) in [5.41, 5.74) is -0.221. The molecule has 0 radical (unpaired) electrons. The molecule has 1 heterocycles. The molecule has 1 amide bonds. The van der Waals surface area contributed by atoms with E-state index in [1.54, 1.807) is 0 Å². The molecule has 0 saturated carbocycles. The van der Waals surface area contributed by atoms with Gasteiger partial charge in [-0.25, -0.2) is 4.79 Å². The summed E-state index contributed by atoms with van der Waals surface area (Å²) in [5, 5.41) is 6.31. The zero-order valence-corrected chi connectivity index (χ0v) is 11.9. The molecule has 1 rings (SSSR count). The van der Waals surface area contributed by atoms with Crippen molar-refractivity contribution in [3.05, 3.63) is 0 Å². The van der Waals surface area contributed by atoms with Crippen LogP contribution in [0.5, 0.6) is 0 Å². The van der Waals surface area contributed by atoms with E-state index >= 15 is 0 Å². The maximum atomic E-state index is 11.7. The molecule has 0 spiro atoms. The summed E-state index contributed by atoms with van der Waals surface area (Å²) in [6.07, 6.45) is -0.326. The van der Waals surface area contributed by atoms with Crippen molar-refractivity contribution in [2.24, 2.45) is 11.3 Å². The monoisotopic (exact) mass is 242 g/mol. The van der Waals surface area contributed by atoms with Crippen LogP contribution in [0.15, 0.2) is 0 Å². The van der Waals surface area contributed by atoms with Crippen LogP contribution in [0.25, 0.3) is 0 Å². The number of hydrogen-bond donors (Lipinski definition) is 2. The molecule has 1 fully saturated rings. The Hall–Kier alpha value is -0.770. The van der Waals surface area contributed by atoms with Gasteiger partial charge in [-0.15, -0.1) is 0 Å². The summed E-state index contributed by atoms with van der Waals surface area (Å²) in [4.78, 5) is 11.7. The van der Waals surface area contributed by atoms with E-state index in [2.05, 4.69) is 24.5 Å². The van der Waals surface area contributed by atoms with Crippen LogP contribution in [-0.2, 0) is 4.74 Å². The van der Waals surface area contributed by atoms with Gasteiger partial charge in [0, 0.05) is 19.1 Å². The normalized spacial score (nSPS) is 25.4. The van der Waals surface area contributed by atoms with Gasteiger partial charge in [-0.2, -0.15) is 0 Å². The van der Waals surface area contributed by atoms with E-state index in [4.69, 9.17) is 4.74 Å². The number of carbonyl (C=O) groups is 1. The minimum absolute atomic E-state index is 0.120. The zero-order valence-electron chi connectivity index (χ0n) is 11.9. The van der Waals surface area contributed by atoms with Gasteiger partial charge >= 0.3 is 6.09 Å². The SMILES string of the molecule is CC(NC(=O)OC(C)(C)C)C1CNCC1(C)C. The summed E-state index contributed by atoms with van der Waals surface area (Å²) in [6, 6.07) is 0.120. The van der Waals surface area contributed by atoms with Crippen molar-refractivity contribution in [1.82, 2.24) is 10.6 Å². The number of rotatable bonds is 2. The van der Waals surface area contributed by atoms with E-state index in [-0.39, 0.29) is 17.6 Å². The lowest BCUT2D eigenvalue weighted by molar-refractivity contribution is 0.0476. The lowest BCUT2D eigenvalue weighted by atomic mass is 9.78. The molecular weight excluding hydrogens is 216 g/mol. The Labute approximate surface area is 104 Å². The Morgan fingerprint density at radius 1 is 1.47 bits per heavy atom. The van der Waals surface area contributed by atoms with Crippen molar-refractivity contribution in [1.29, 1.82) is 0 Å². The van der Waals surface area contributed by atoms with Gasteiger partial charge in [0.05, 0.1) is 0 Å². The minimum Gasteiger partial charge on any atom is -0.444 e. The molecular formula is C13H26N2O2. The van der Waals surface area contributed by atoms with E-state index < -0.39 is 5.60 Å². The van der Waals surface area contributed by atoms with Gasteiger partial charge in [0.1, 0.15) is 5.60 Å². The molecule has 2 atom stereocenters. The van der Waals surface area contributed by atoms with Crippen LogP contribution in [-0.4, -0.2) is 30.8 Å². The van der Waals surface area contributed by atoms with Crippen molar-refractivity contribution < 1.29 is 9.53 Å². The van der Waals surface area contributed by atoms with Crippen molar-refractivity contribution in [2.75, 3.05) is 13.1 Å². The topological polar surface area (TPSA) is 50.4 Å². The molecule has 2 unspecified atom stereocenters. The third kappa shape index (κ3) is 4.19. The van der Waals surface area contributed by atoms with Gasteiger partial charge in [0.15, 0.2) is 0 Å². The molecule has 0 aliphatic carbocycles.